The van der Waals surface area contributed by atoms with Gasteiger partial charge in [-0.15, -0.1) is 0 Å². The van der Waals surface area contributed by atoms with Gasteiger partial charge < -0.3 is 89.0 Å². The number of rotatable bonds is 10. The Bertz CT molecular complexity index is 2050. The zero-order valence-corrected chi connectivity index (χ0v) is 40.9. The van der Waals surface area contributed by atoms with Gasteiger partial charge in [-0.25, -0.2) is 4.79 Å². The second-order valence-corrected chi connectivity index (χ2v) is 23.7. The number of aliphatic hydroxyl groups excluding tert-OH is 9. The number of carbonyl (C=O) groups is 3. The Balaban J connectivity index is 0.990. The Hall–Kier alpha value is -2.45. The summed E-state index contributed by atoms with van der Waals surface area (Å²) in [6.45, 7) is 12.8. The molecule has 70 heavy (non-hydrogen) atoms. The zero-order chi connectivity index (χ0) is 51.0. The molecule has 1 spiro atoms. The highest BCUT2D eigenvalue weighted by atomic mass is 16.8. The van der Waals surface area contributed by atoms with E-state index in [1.807, 2.05) is 6.92 Å². The Morgan fingerprint density at radius 3 is 2.04 bits per heavy atom. The van der Waals surface area contributed by atoms with Gasteiger partial charge in [-0.05, 0) is 72.5 Å². The van der Waals surface area contributed by atoms with Crippen molar-refractivity contribution in [1.82, 2.24) is 0 Å². The average molecular weight is 999 g/mol. The highest BCUT2D eigenvalue weighted by molar-refractivity contribution is 5.82. The van der Waals surface area contributed by atoms with E-state index < -0.39 is 151 Å². The summed E-state index contributed by atoms with van der Waals surface area (Å²) >= 11 is 0. The second kappa shape index (κ2) is 18.1. The van der Waals surface area contributed by atoms with Crippen LogP contribution in [0.5, 0.6) is 0 Å². The molecule has 4 saturated heterocycles. The molecular formula is C49H74O21. The highest BCUT2D eigenvalue weighted by Crippen LogP contribution is 2.77. The van der Waals surface area contributed by atoms with E-state index in [1.165, 1.54) is 12.5 Å². The van der Waals surface area contributed by atoms with Crippen LogP contribution >= 0.6 is 0 Å². The minimum Gasteiger partial charge on any atom is -0.479 e. The average Bonchev–Trinajstić information content (AvgIpc) is 3.60. The van der Waals surface area contributed by atoms with Gasteiger partial charge in [0, 0.05) is 30.6 Å². The first-order valence-corrected chi connectivity index (χ1v) is 24.9. The van der Waals surface area contributed by atoms with Gasteiger partial charge in [-0.1, -0.05) is 53.2 Å². The number of carbonyl (C=O) groups excluding carboxylic acids is 2. The summed E-state index contributed by atoms with van der Waals surface area (Å²) in [5.41, 5.74) is -2.34. The molecule has 0 aromatic heterocycles. The molecule has 0 radical (unpaired) electrons. The minimum atomic E-state index is -2.07. The van der Waals surface area contributed by atoms with Crippen molar-refractivity contribution in [2.45, 2.75) is 204 Å². The fourth-order valence-corrected chi connectivity index (χ4v) is 15.7. The van der Waals surface area contributed by atoms with Crippen molar-refractivity contribution in [3.05, 3.63) is 11.6 Å². The van der Waals surface area contributed by atoms with Crippen LogP contribution in [0.15, 0.2) is 11.6 Å². The lowest BCUT2D eigenvalue weighted by atomic mass is 9.33. The van der Waals surface area contributed by atoms with E-state index in [1.54, 1.807) is 0 Å². The fraction of sp³-hybridized carbons (Fsp3) is 0.898. The lowest BCUT2D eigenvalue weighted by Gasteiger charge is -2.71. The third kappa shape index (κ3) is 7.68. The summed E-state index contributed by atoms with van der Waals surface area (Å²) in [4.78, 5) is 39.0. The molecular weight excluding hydrogens is 925 g/mol. The molecule has 8 fully saturated rings. The molecule has 4 aliphatic heterocycles. The quantitative estimate of drug-likeness (QED) is 0.0742. The monoisotopic (exact) mass is 998 g/mol. The van der Waals surface area contributed by atoms with Gasteiger partial charge >= 0.3 is 17.9 Å². The van der Waals surface area contributed by atoms with Crippen molar-refractivity contribution in [3.63, 3.8) is 0 Å². The summed E-state index contributed by atoms with van der Waals surface area (Å²) in [5, 5.41) is 107. The molecule has 10 N–H and O–H groups in total. The summed E-state index contributed by atoms with van der Waals surface area (Å²) < 4.78 is 48.3. The molecule has 0 amide bonds. The van der Waals surface area contributed by atoms with E-state index in [2.05, 4.69) is 40.7 Å². The second-order valence-electron chi connectivity index (χ2n) is 23.7. The van der Waals surface area contributed by atoms with Crippen LogP contribution in [0.3, 0.4) is 0 Å². The molecule has 396 valence electrons. The first-order valence-electron chi connectivity index (χ1n) is 24.9. The SMILES string of the molecule is CC(=O)O[C@H]1C[C@@]23C[C@@H](OC2=O)[C@]2(C)C(=CC[C@@H]4[C@@]5(C)CC[C@H](O[C@@H]6O[C@H](C(=O)O)[C@@H](O)[C@H](O)[C@H]6O[C@@H]6O[C@H](CO)[C@@H](O)[C@H](O)[C@H]6O[C@@H]6OC[C@@H](O)[C@H](O)[C@H]6O)C(C)(C)[C@@H]5CC[C@]42C)[C@@H]3C[C@@]1(C)CO. The number of hydrogen-bond donors (Lipinski definition) is 10. The first kappa shape index (κ1) is 52.4. The summed E-state index contributed by atoms with van der Waals surface area (Å²) in [6.07, 6.45) is -19.9. The van der Waals surface area contributed by atoms with Crippen molar-refractivity contribution in [3.8, 4) is 0 Å². The van der Waals surface area contributed by atoms with Crippen molar-refractivity contribution in [2.24, 2.45) is 50.2 Å². The van der Waals surface area contributed by atoms with Crippen LogP contribution in [-0.4, -0.2) is 193 Å². The molecule has 0 unspecified atom stereocenters. The Morgan fingerprint density at radius 2 is 1.40 bits per heavy atom. The number of carboxylic acids is 1. The van der Waals surface area contributed by atoms with Crippen molar-refractivity contribution < 1.29 is 103 Å². The lowest BCUT2D eigenvalue weighted by Crippen LogP contribution is -2.68. The number of fused-ring (bicyclic) bond motifs is 8. The molecule has 9 aliphatic rings. The lowest BCUT2D eigenvalue weighted by molar-refractivity contribution is -0.392. The number of aliphatic carboxylic acids is 1. The highest BCUT2D eigenvalue weighted by Gasteiger charge is 2.76. The first-order chi connectivity index (χ1) is 32.7. The van der Waals surface area contributed by atoms with Gasteiger partial charge in [0.15, 0.2) is 25.0 Å². The molecule has 0 aromatic carbocycles. The predicted octanol–water partition coefficient (Wildman–Crippen LogP) is -0.598. The van der Waals surface area contributed by atoms with E-state index in [0.29, 0.717) is 25.7 Å². The van der Waals surface area contributed by atoms with Crippen molar-refractivity contribution in [2.75, 3.05) is 19.8 Å². The van der Waals surface area contributed by atoms with Gasteiger partial charge in [-0.3, -0.25) is 9.59 Å². The maximum absolute atomic E-state index is 14.3. The van der Waals surface area contributed by atoms with Crippen LogP contribution in [-0.2, 0) is 52.3 Å². The van der Waals surface area contributed by atoms with E-state index in [4.69, 9.17) is 37.9 Å². The van der Waals surface area contributed by atoms with Crippen molar-refractivity contribution in [1.29, 1.82) is 0 Å². The molecule has 21 heteroatoms. The van der Waals surface area contributed by atoms with Gasteiger partial charge in [-0.2, -0.15) is 0 Å². The van der Waals surface area contributed by atoms with Crippen LogP contribution in [0.2, 0.25) is 0 Å². The maximum atomic E-state index is 14.3. The minimum absolute atomic E-state index is 0.00646. The molecule has 9 rings (SSSR count). The third-order valence-corrected chi connectivity index (χ3v) is 19.9. The number of carboxylic acid groups (broad SMARTS) is 1. The molecule has 5 aliphatic carbocycles. The molecule has 4 heterocycles. The number of ether oxygens (including phenoxy) is 8. The van der Waals surface area contributed by atoms with Gasteiger partial charge in [0.05, 0.1) is 31.3 Å². The predicted molar refractivity (Wildman–Crippen MR) is 235 cm³/mol. The summed E-state index contributed by atoms with van der Waals surface area (Å²) in [6, 6.07) is 0. The van der Waals surface area contributed by atoms with E-state index in [0.717, 1.165) is 19.3 Å². The molecule has 21 nitrogen and oxygen atoms in total. The van der Waals surface area contributed by atoms with Crippen LogP contribution < -0.4 is 0 Å². The van der Waals surface area contributed by atoms with Crippen molar-refractivity contribution >= 4 is 17.9 Å². The fourth-order valence-electron chi connectivity index (χ4n) is 15.7. The largest absolute Gasteiger partial charge is 0.479 e. The van der Waals surface area contributed by atoms with Gasteiger partial charge in [0.1, 0.15) is 73.2 Å². The Kier molecular flexibility index (Phi) is 13.6. The summed E-state index contributed by atoms with van der Waals surface area (Å²) in [7, 11) is 0. The van der Waals surface area contributed by atoms with Gasteiger partial charge in [0.25, 0.3) is 0 Å². The van der Waals surface area contributed by atoms with Crippen LogP contribution in [0.1, 0.15) is 99.8 Å². The van der Waals surface area contributed by atoms with Crippen LogP contribution in [0, 0.1) is 50.2 Å². The summed E-state index contributed by atoms with van der Waals surface area (Å²) in [5.74, 6) is -2.44. The van der Waals surface area contributed by atoms with Crippen LogP contribution in [0.25, 0.3) is 0 Å². The van der Waals surface area contributed by atoms with E-state index >= 15 is 0 Å². The van der Waals surface area contributed by atoms with E-state index in [9.17, 15) is 65.4 Å². The van der Waals surface area contributed by atoms with E-state index in [-0.39, 0.29) is 47.6 Å². The maximum Gasteiger partial charge on any atom is 0.335 e. The zero-order valence-electron chi connectivity index (χ0n) is 40.9. The Labute approximate surface area is 406 Å². The number of esters is 2. The van der Waals surface area contributed by atoms with Crippen LogP contribution in [0.4, 0.5) is 0 Å². The number of hydrogen-bond acceptors (Lipinski definition) is 20. The smallest absolute Gasteiger partial charge is 0.335 e. The normalized spacial score (nSPS) is 53.8. The molecule has 25 atom stereocenters. The molecule has 0 aromatic rings. The Morgan fingerprint density at radius 1 is 0.743 bits per heavy atom. The third-order valence-electron chi connectivity index (χ3n) is 19.9. The number of allylic oxidation sites excluding steroid dienone is 1. The van der Waals surface area contributed by atoms with Gasteiger partial charge in [0.2, 0.25) is 0 Å². The molecule has 2 bridgehead atoms. The topological polar surface area (TPSA) is 327 Å². The molecule has 4 saturated carbocycles. The standard InChI is InChI=1S/C49H74O21/c1-20(52)64-28-15-49-16-29(67-43(49)62)48(7)21(22(49)14-45(28,4)19-51)8-9-26-46(5)12-11-27(44(2,3)25(46)10-13-47(26,48)6)66-42-38(34(58)33(57)36(68-42)39(60)61)70-41-37(32(56)31(55)24(17-50)65-41)69-40-35(59)30(54)23(53)18-63-40/h8,22-38,40-42,50-51,53-59H,9-19H2,1-7H3,(H,60,61)/t22-,23+,24+,25-,26+,27-,28-,29+,30-,31+,32-,33-,34-,35+,36-,37+,38+,40-,41-,42+,45-,46-,47+,48-,49-/m0/s1. The number of aliphatic hydroxyl groups is 9.